The standard InChI is InChI=1S/C22H26BNO7S/c1-13(2)20(22(26)30-11-15-6-5-7-17(10-15)32(4,28)29)24-21(25)18-9-8-16-12-31-23(27)19(16)14(18)3/h5-10,13,20,27H,11-12H2,1-4H3,(H,24,25)/t20-/m0/s1. The van der Waals surface area contributed by atoms with E-state index in [1.807, 2.05) is 0 Å². The average Bonchev–Trinajstić information content (AvgIpc) is 3.11. The van der Waals surface area contributed by atoms with E-state index in [9.17, 15) is 23.0 Å². The minimum atomic E-state index is -3.38. The van der Waals surface area contributed by atoms with E-state index in [1.54, 1.807) is 45.0 Å². The van der Waals surface area contributed by atoms with E-state index >= 15 is 0 Å². The zero-order valence-corrected chi connectivity index (χ0v) is 19.2. The molecule has 170 valence electrons. The lowest BCUT2D eigenvalue weighted by Crippen LogP contribution is -2.46. The Morgan fingerprint density at radius 3 is 2.62 bits per heavy atom. The van der Waals surface area contributed by atoms with Crippen molar-refractivity contribution in [3.8, 4) is 0 Å². The molecule has 1 aliphatic rings. The van der Waals surface area contributed by atoms with Crippen molar-refractivity contribution >= 4 is 34.3 Å². The Kier molecular flexibility index (Phi) is 7.07. The van der Waals surface area contributed by atoms with Gasteiger partial charge in [-0.3, -0.25) is 4.79 Å². The zero-order valence-electron chi connectivity index (χ0n) is 18.4. The van der Waals surface area contributed by atoms with Crippen LogP contribution in [-0.4, -0.2) is 44.7 Å². The monoisotopic (exact) mass is 459 g/mol. The highest BCUT2D eigenvalue weighted by Gasteiger charge is 2.32. The largest absolute Gasteiger partial charge is 0.492 e. The molecule has 1 amide bonds. The van der Waals surface area contributed by atoms with Gasteiger partial charge in [-0.1, -0.05) is 32.0 Å². The van der Waals surface area contributed by atoms with Crippen molar-refractivity contribution in [1.29, 1.82) is 0 Å². The molecule has 0 saturated heterocycles. The maximum atomic E-state index is 12.9. The lowest BCUT2D eigenvalue weighted by molar-refractivity contribution is -0.148. The lowest BCUT2D eigenvalue weighted by Gasteiger charge is -2.22. The molecule has 1 heterocycles. The highest BCUT2D eigenvalue weighted by molar-refractivity contribution is 7.90. The van der Waals surface area contributed by atoms with Crippen LogP contribution in [0, 0.1) is 12.8 Å². The van der Waals surface area contributed by atoms with Crippen LogP contribution in [0.25, 0.3) is 0 Å². The van der Waals surface area contributed by atoms with Crippen molar-refractivity contribution in [3.05, 3.63) is 58.7 Å². The second-order valence-corrected chi connectivity index (χ2v) is 10.2. The van der Waals surface area contributed by atoms with E-state index in [0.717, 1.165) is 11.8 Å². The second kappa shape index (κ2) is 9.44. The number of benzene rings is 2. The zero-order chi connectivity index (χ0) is 23.6. The molecule has 0 radical (unpaired) electrons. The van der Waals surface area contributed by atoms with Crippen LogP contribution in [-0.2, 0) is 37.2 Å². The molecule has 8 nitrogen and oxygen atoms in total. The molecule has 0 spiro atoms. The number of carbonyl (C=O) groups excluding carboxylic acids is 2. The summed E-state index contributed by atoms with van der Waals surface area (Å²) < 4.78 is 34.0. The predicted octanol–water partition coefficient (Wildman–Crippen LogP) is 1.11. The van der Waals surface area contributed by atoms with Gasteiger partial charge in [0, 0.05) is 11.8 Å². The summed E-state index contributed by atoms with van der Waals surface area (Å²) in [5.74, 6) is -1.34. The third kappa shape index (κ3) is 5.20. The Morgan fingerprint density at radius 2 is 1.97 bits per heavy atom. The molecule has 10 heteroatoms. The number of nitrogens with one attached hydrogen (secondary N) is 1. The van der Waals surface area contributed by atoms with Gasteiger partial charge in [-0.2, -0.15) is 0 Å². The maximum absolute atomic E-state index is 12.9. The van der Waals surface area contributed by atoms with Crippen molar-refractivity contribution in [1.82, 2.24) is 5.32 Å². The van der Waals surface area contributed by atoms with E-state index in [0.29, 0.717) is 22.2 Å². The van der Waals surface area contributed by atoms with E-state index < -0.39 is 34.9 Å². The van der Waals surface area contributed by atoms with Gasteiger partial charge in [-0.15, -0.1) is 0 Å². The van der Waals surface area contributed by atoms with Crippen molar-refractivity contribution in [2.45, 2.75) is 44.9 Å². The first kappa shape index (κ1) is 24.0. The van der Waals surface area contributed by atoms with Crippen molar-refractivity contribution < 1.29 is 32.4 Å². The summed E-state index contributed by atoms with van der Waals surface area (Å²) in [4.78, 5) is 25.8. The van der Waals surface area contributed by atoms with Crippen molar-refractivity contribution in [2.24, 2.45) is 5.92 Å². The van der Waals surface area contributed by atoms with Gasteiger partial charge < -0.3 is 19.7 Å². The van der Waals surface area contributed by atoms with Crippen LogP contribution in [0.3, 0.4) is 0 Å². The minimum absolute atomic E-state index is 0.122. The predicted molar refractivity (Wildman–Crippen MR) is 119 cm³/mol. The van der Waals surface area contributed by atoms with E-state index in [-0.39, 0.29) is 24.0 Å². The molecule has 0 saturated carbocycles. The fourth-order valence-electron chi connectivity index (χ4n) is 3.58. The maximum Gasteiger partial charge on any atom is 0.492 e. The number of amides is 1. The number of carbonyl (C=O) groups is 2. The molecular formula is C22H26BNO7S. The number of hydrogen-bond donors (Lipinski definition) is 2. The van der Waals surface area contributed by atoms with Crippen LogP contribution in [0.1, 0.15) is 40.9 Å². The van der Waals surface area contributed by atoms with Crippen LogP contribution in [0.15, 0.2) is 41.3 Å². The Balaban J connectivity index is 1.71. The highest BCUT2D eigenvalue weighted by Crippen LogP contribution is 2.18. The first-order valence-corrected chi connectivity index (χ1v) is 12.1. The SMILES string of the molecule is Cc1c(C(=O)N[C@H](C(=O)OCc2cccc(S(C)(=O)=O)c2)C(C)C)ccc2c1B(O)OC2. The molecule has 1 atom stereocenters. The number of rotatable bonds is 7. The summed E-state index contributed by atoms with van der Waals surface area (Å²) >= 11 is 0. The molecule has 3 rings (SSSR count). The van der Waals surface area contributed by atoms with Gasteiger partial charge in [0.2, 0.25) is 0 Å². The van der Waals surface area contributed by atoms with E-state index in [1.165, 1.54) is 12.1 Å². The summed E-state index contributed by atoms with van der Waals surface area (Å²) in [6.45, 7) is 5.44. The molecule has 0 unspecified atom stereocenters. The molecule has 0 aliphatic carbocycles. The van der Waals surface area contributed by atoms with Crippen LogP contribution in [0.5, 0.6) is 0 Å². The van der Waals surface area contributed by atoms with Gasteiger partial charge in [0.25, 0.3) is 5.91 Å². The summed E-state index contributed by atoms with van der Waals surface area (Å²) in [5, 5.41) is 12.7. The summed E-state index contributed by atoms with van der Waals surface area (Å²) in [7, 11) is -4.45. The molecule has 2 aromatic rings. The van der Waals surface area contributed by atoms with Gasteiger partial charge in [-0.05, 0) is 53.2 Å². The summed E-state index contributed by atoms with van der Waals surface area (Å²) in [6.07, 6.45) is 1.11. The quantitative estimate of drug-likeness (QED) is 0.470. The Labute approximate surface area is 188 Å². The van der Waals surface area contributed by atoms with Gasteiger partial charge in [-0.25, -0.2) is 13.2 Å². The van der Waals surface area contributed by atoms with E-state index in [2.05, 4.69) is 5.32 Å². The van der Waals surface area contributed by atoms with Crippen LogP contribution in [0.2, 0.25) is 0 Å². The number of fused-ring (bicyclic) bond motifs is 1. The molecule has 0 bridgehead atoms. The Morgan fingerprint density at radius 1 is 1.25 bits per heavy atom. The fraction of sp³-hybridized carbons (Fsp3) is 0.364. The first-order chi connectivity index (χ1) is 15.0. The molecule has 32 heavy (non-hydrogen) atoms. The minimum Gasteiger partial charge on any atom is -0.459 e. The Hall–Kier alpha value is -2.69. The van der Waals surface area contributed by atoms with Crippen molar-refractivity contribution in [3.63, 3.8) is 0 Å². The number of hydrogen-bond acceptors (Lipinski definition) is 7. The molecular weight excluding hydrogens is 433 g/mol. The van der Waals surface area contributed by atoms with Crippen LogP contribution >= 0.6 is 0 Å². The number of ether oxygens (including phenoxy) is 1. The second-order valence-electron chi connectivity index (χ2n) is 8.20. The highest BCUT2D eigenvalue weighted by atomic mass is 32.2. The van der Waals surface area contributed by atoms with Gasteiger partial charge in [0.15, 0.2) is 9.84 Å². The molecule has 1 aliphatic heterocycles. The normalized spacial score (nSPS) is 14.2. The number of esters is 1. The van der Waals surface area contributed by atoms with Crippen molar-refractivity contribution in [2.75, 3.05) is 6.26 Å². The first-order valence-electron chi connectivity index (χ1n) is 10.2. The van der Waals surface area contributed by atoms with Crippen LogP contribution < -0.4 is 10.8 Å². The summed E-state index contributed by atoms with van der Waals surface area (Å²) in [5.41, 5.74) is 2.86. The van der Waals surface area contributed by atoms with Crippen LogP contribution in [0.4, 0.5) is 0 Å². The topological polar surface area (TPSA) is 119 Å². The van der Waals surface area contributed by atoms with Gasteiger partial charge >= 0.3 is 13.1 Å². The van der Waals surface area contributed by atoms with Gasteiger partial charge in [0.1, 0.15) is 12.6 Å². The lowest BCUT2D eigenvalue weighted by atomic mass is 9.75. The Bertz CT molecular complexity index is 1150. The third-order valence-corrected chi connectivity index (χ3v) is 6.52. The summed E-state index contributed by atoms with van der Waals surface area (Å²) in [6, 6.07) is 8.62. The smallest absolute Gasteiger partial charge is 0.459 e. The number of sulfone groups is 1. The molecule has 0 fully saturated rings. The molecule has 2 aromatic carbocycles. The van der Waals surface area contributed by atoms with Gasteiger partial charge in [0.05, 0.1) is 11.5 Å². The third-order valence-electron chi connectivity index (χ3n) is 5.41. The van der Waals surface area contributed by atoms with E-state index in [4.69, 9.17) is 9.39 Å². The molecule has 0 aromatic heterocycles. The average molecular weight is 459 g/mol. The molecule has 2 N–H and O–H groups in total. The fourth-order valence-corrected chi connectivity index (χ4v) is 4.27.